The van der Waals surface area contributed by atoms with Gasteiger partial charge < -0.3 is 5.73 Å². The first-order valence-corrected chi connectivity index (χ1v) is 5.29. The first kappa shape index (κ1) is 10.4. The minimum Gasteiger partial charge on any atom is -0.387 e. The summed E-state index contributed by atoms with van der Waals surface area (Å²) in [7, 11) is 0. The Balaban J connectivity index is 2.15. The number of hydrogen-bond acceptors (Lipinski definition) is 1. The van der Waals surface area contributed by atoms with Gasteiger partial charge in [-0.25, -0.2) is 4.39 Å². The molecule has 0 unspecified atom stereocenters. The van der Waals surface area contributed by atoms with Gasteiger partial charge >= 0.3 is 0 Å². The van der Waals surface area contributed by atoms with Crippen molar-refractivity contribution in [3.63, 3.8) is 0 Å². The third-order valence-corrected chi connectivity index (χ3v) is 2.67. The maximum atomic E-state index is 13.4. The monoisotopic (exact) mass is 226 g/mol. The summed E-state index contributed by atoms with van der Waals surface area (Å²) in [6.45, 7) is 0. The van der Waals surface area contributed by atoms with Gasteiger partial charge in [0.05, 0.1) is 11.9 Å². The van der Waals surface area contributed by atoms with E-state index in [1.54, 1.807) is 12.1 Å². The topological polar surface area (TPSA) is 38.4 Å². The second kappa shape index (κ2) is 4.19. The minimum atomic E-state index is -0.323. The standard InChI is InChI=1S/C11H12ClFN2/c12-9-2-1-3-10(13)8(9)6-11(14)15-7-4-5-7/h1-3,7H,4-6H2,(H2,14,15). The SMILES string of the molecule is NC(Cc1c(F)cccc1Cl)=NC1CC1. The molecule has 0 amide bonds. The highest BCUT2D eigenvalue weighted by Crippen LogP contribution is 2.24. The number of nitrogens with two attached hydrogens (primary N) is 1. The summed E-state index contributed by atoms with van der Waals surface area (Å²) in [5.74, 6) is 0.140. The summed E-state index contributed by atoms with van der Waals surface area (Å²) < 4.78 is 13.4. The Labute approximate surface area is 93.0 Å². The number of aliphatic imine (C=N–C) groups is 1. The molecule has 2 nitrogen and oxygen atoms in total. The molecule has 80 valence electrons. The van der Waals surface area contributed by atoms with E-state index in [1.165, 1.54) is 6.07 Å². The molecule has 0 aliphatic heterocycles. The van der Waals surface area contributed by atoms with Crippen molar-refractivity contribution in [3.8, 4) is 0 Å². The molecule has 0 atom stereocenters. The van der Waals surface area contributed by atoms with E-state index in [1.807, 2.05) is 0 Å². The Morgan fingerprint density at radius 2 is 2.27 bits per heavy atom. The van der Waals surface area contributed by atoms with Gasteiger partial charge in [0.2, 0.25) is 0 Å². The number of benzene rings is 1. The molecule has 1 fully saturated rings. The zero-order valence-electron chi connectivity index (χ0n) is 8.21. The summed E-state index contributed by atoms with van der Waals surface area (Å²) in [5.41, 5.74) is 6.14. The van der Waals surface area contributed by atoms with Gasteiger partial charge in [0.15, 0.2) is 0 Å². The highest BCUT2D eigenvalue weighted by Gasteiger charge is 2.20. The van der Waals surface area contributed by atoms with Crippen LogP contribution in [0.25, 0.3) is 0 Å². The number of hydrogen-bond donors (Lipinski definition) is 1. The van der Waals surface area contributed by atoms with Crippen molar-refractivity contribution in [1.82, 2.24) is 0 Å². The van der Waals surface area contributed by atoms with Crippen LogP contribution >= 0.6 is 11.6 Å². The van der Waals surface area contributed by atoms with Crippen LogP contribution in [0.2, 0.25) is 5.02 Å². The van der Waals surface area contributed by atoms with E-state index in [9.17, 15) is 4.39 Å². The summed E-state index contributed by atoms with van der Waals surface area (Å²) in [6, 6.07) is 4.97. The number of nitrogens with zero attached hydrogens (tertiary/aromatic N) is 1. The van der Waals surface area contributed by atoms with E-state index >= 15 is 0 Å². The van der Waals surface area contributed by atoms with Crippen LogP contribution < -0.4 is 5.73 Å². The third kappa shape index (κ3) is 2.69. The summed E-state index contributed by atoms with van der Waals surface area (Å²) in [5, 5.41) is 0.406. The molecule has 0 heterocycles. The van der Waals surface area contributed by atoms with Gasteiger partial charge in [0.25, 0.3) is 0 Å². The van der Waals surface area contributed by atoms with Crippen LogP contribution in [0.5, 0.6) is 0 Å². The van der Waals surface area contributed by atoms with Crippen LogP contribution in [0.15, 0.2) is 23.2 Å². The molecular formula is C11H12ClFN2. The molecule has 1 aromatic rings. The van der Waals surface area contributed by atoms with Crippen LogP contribution in [-0.4, -0.2) is 11.9 Å². The van der Waals surface area contributed by atoms with Gasteiger partial charge in [-0.1, -0.05) is 17.7 Å². The molecule has 4 heteroatoms. The second-order valence-corrected chi connectivity index (χ2v) is 4.14. The van der Waals surface area contributed by atoms with E-state index in [2.05, 4.69) is 4.99 Å². The molecule has 1 aliphatic carbocycles. The number of halogens is 2. The van der Waals surface area contributed by atoms with Crippen LogP contribution in [-0.2, 0) is 6.42 Å². The fraction of sp³-hybridized carbons (Fsp3) is 0.364. The molecule has 1 aromatic carbocycles. The van der Waals surface area contributed by atoms with Crippen LogP contribution in [0.3, 0.4) is 0 Å². The molecule has 2 rings (SSSR count). The molecular weight excluding hydrogens is 215 g/mol. The summed E-state index contributed by atoms with van der Waals surface area (Å²) in [6.07, 6.45) is 2.47. The van der Waals surface area contributed by atoms with Crippen molar-refractivity contribution in [1.29, 1.82) is 0 Å². The van der Waals surface area contributed by atoms with E-state index in [-0.39, 0.29) is 5.82 Å². The molecule has 15 heavy (non-hydrogen) atoms. The zero-order valence-corrected chi connectivity index (χ0v) is 8.97. The van der Waals surface area contributed by atoms with Gasteiger partial charge in [-0.05, 0) is 25.0 Å². The van der Waals surface area contributed by atoms with Crippen molar-refractivity contribution < 1.29 is 4.39 Å². The Hall–Kier alpha value is -1.09. The highest BCUT2D eigenvalue weighted by atomic mass is 35.5. The van der Waals surface area contributed by atoms with Crippen molar-refractivity contribution >= 4 is 17.4 Å². The fourth-order valence-corrected chi connectivity index (χ4v) is 1.60. The van der Waals surface area contributed by atoms with E-state index in [0.717, 1.165) is 12.8 Å². The molecule has 0 aromatic heterocycles. The molecule has 0 radical (unpaired) electrons. The van der Waals surface area contributed by atoms with Crippen LogP contribution in [0.4, 0.5) is 4.39 Å². The molecule has 1 aliphatic rings. The van der Waals surface area contributed by atoms with Gasteiger partial charge in [-0.3, -0.25) is 4.99 Å². The molecule has 1 saturated carbocycles. The van der Waals surface area contributed by atoms with Crippen molar-refractivity contribution in [2.75, 3.05) is 0 Å². The minimum absolute atomic E-state index is 0.294. The second-order valence-electron chi connectivity index (χ2n) is 3.73. The maximum absolute atomic E-state index is 13.4. The fourth-order valence-electron chi connectivity index (χ4n) is 1.37. The van der Waals surface area contributed by atoms with Gasteiger partial charge in [-0.15, -0.1) is 0 Å². The molecule has 0 saturated heterocycles. The molecule has 0 spiro atoms. The van der Waals surface area contributed by atoms with E-state index < -0.39 is 0 Å². The third-order valence-electron chi connectivity index (χ3n) is 2.31. The van der Waals surface area contributed by atoms with Crippen molar-refractivity contribution in [2.45, 2.75) is 25.3 Å². The van der Waals surface area contributed by atoms with Gasteiger partial charge in [0.1, 0.15) is 5.82 Å². The number of rotatable bonds is 3. The first-order chi connectivity index (χ1) is 7.16. The van der Waals surface area contributed by atoms with Crippen LogP contribution in [0, 0.1) is 5.82 Å². The zero-order chi connectivity index (χ0) is 10.8. The Kier molecular flexibility index (Phi) is 2.91. The quantitative estimate of drug-likeness (QED) is 0.624. The average molecular weight is 227 g/mol. The van der Waals surface area contributed by atoms with Gasteiger partial charge in [0, 0.05) is 17.0 Å². The van der Waals surface area contributed by atoms with Gasteiger partial charge in [-0.2, -0.15) is 0 Å². The van der Waals surface area contributed by atoms with E-state index in [4.69, 9.17) is 17.3 Å². The first-order valence-electron chi connectivity index (χ1n) is 4.92. The summed E-state index contributed by atoms with van der Waals surface area (Å²) in [4.78, 5) is 4.24. The lowest BCUT2D eigenvalue weighted by Crippen LogP contribution is -2.17. The smallest absolute Gasteiger partial charge is 0.128 e. The van der Waals surface area contributed by atoms with E-state index in [0.29, 0.717) is 28.9 Å². The largest absolute Gasteiger partial charge is 0.387 e. The normalized spacial score (nSPS) is 16.8. The molecule has 2 N–H and O–H groups in total. The lowest BCUT2D eigenvalue weighted by Gasteiger charge is -2.05. The highest BCUT2D eigenvalue weighted by molar-refractivity contribution is 6.31. The van der Waals surface area contributed by atoms with Crippen molar-refractivity contribution in [3.05, 3.63) is 34.6 Å². The van der Waals surface area contributed by atoms with Crippen LogP contribution in [0.1, 0.15) is 18.4 Å². The maximum Gasteiger partial charge on any atom is 0.128 e. The lowest BCUT2D eigenvalue weighted by molar-refractivity contribution is 0.616. The number of amidine groups is 1. The Morgan fingerprint density at radius 3 is 2.87 bits per heavy atom. The average Bonchev–Trinajstić information content (AvgIpc) is 2.95. The predicted molar refractivity (Wildman–Crippen MR) is 59.8 cm³/mol. The Morgan fingerprint density at radius 1 is 1.53 bits per heavy atom. The van der Waals surface area contributed by atoms with Crippen molar-refractivity contribution in [2.24, 2.45) is 10.7 Å². The lowest BCUT2D eigenvalue weighted by atomic mass is 10.1. The Bertz CT molecular complexity index is 379. The summed E-state index contributed by atoms with van der Waals surface area (Å²) >= 11 is 5.88. The predicted octanol–water partition coefficient (Wildman–Crippen LogP) is 2.54. The molecule has 0 bridgehead atoms.